The van der Waals surface area contributed by atoms with Crippen LogP contribution in [0.5, 0.6) is 0 Å². The van der Waals surface area contributed by atoms with Gasteiger partial charge < -0.3 is 5.32 Å². The van der Waals surface area contributed by atoms with Gasteiger partial charge in [-0.2, -0.15) is 0 Å². The smallest absolute Gasteiger partial charge is 0.0671 e. The standard InChI is InChI=1S/C17H22BrNS/c1-5-19-16(12-6-8-13(18)9-7-12)14-10-11-15(20-14)17(2,3)4/h6-11,16,19H,5H2,1-4H3. The number of thiophene rings is 1. The lowest BCUT2D eigenvalue weighted by atomic mass is 9.95. The van der Waals surface area contributed by atoms with Crippen molar-refractivity contribution in [2.75, 3.05) is 6.54 Å². The van der Waals surface area contributed by atoms with Gasteiger partial charge >= 0.3 is 0 Å². The normalized spacial score (nSPS) is 13.4. The van der Waals surface area contributed by atoms with Crippen LogP contribution >= 0.6 is 27.3 Å². The lowest BCUT2D eigenvalue weighted by molar-refractivity contribution is 0.604. The Hall–Kier alpha value is -0.640. The zero-order valence-electron chi connectivity index (χ0n) is 12.5. The highest BCUT2D eigenvalue weighted by Crippen LogP contribution is 2.34. The van der Waals surface area contributed by atoms with Crippen molar-refractivity contribution in [3.63, 3.8) is 0 Å². The molecule has 20 heavy (non-hydrogen) atoms. The monoisotopic (exact) mass is 351 g/mol. The minimum atomic E-state index is 0.222. The fraction of sp³-hybridized carbons (Fsp3) is 0.412. The molecule has 0 bridgehead atoms. The van der Waals surface area contributed by atoms with Crippen LogP contribution in [0.15, 0.2) is 40.9 Å². The molecule has 0 saturated heterocycles. The minimum Gasteiger partial charge on any atom is -0.306 e. The van der Waals surface area contributed by atoms with E-state index in [1.165, 1.54) is 15.3 Å². The highest BCUT2D eigenvalue weighted by molar-refractivity contribution is 9.10. The number of nitrogens with one attached hydrogen (secondary N) is 1. The third-order valence-corrected chi connectivity index (χ3v) is 5.37. The number of rotatable bonds is 4. The van der Waals surface area contributed by atoms with E-state index < -0.39 is 0 Å². The van der Waals surface area contributed by atoms with Crippen molar-refractivity contribution in [3.05, 3.63) is 56.2 Å². The molecule has 0 saturated carbocycles. The second-order valence-electron chi connectivity index (χ2n) is 5.99. The molecule has 108 valence electrons. The summed E-state index contributed by atoms with van der Waals surface area (Å²) in [7, 11) is 0. The Morgan fingerprint density at radius 1 is 1.10 bits per heavy atom. The van der Waals surface area contributed by atoms with Gasteiger partial charge in [-0.15, -0.1) is 11.3 Å². The topological polar surface area (TPSA) is 12.0 Å². The zero-order chi connectivity index (χ0) is 14.8. The van der Waals surface area contributed by atoms with Gasteiger partial charge in [0.15, 0.2) is 0 Å². The fourth-order valence-corrected chi connectivity index (χ4v) is 3.59. The van der Waals surface area contributed by atoms with Crippen LogP contribution in [0.4, 0.5) is 0 Å². The molecular formula is C17H22BrNS. The second-order valence-corrected chi connectivity index (χ2v) is 8.03. The molecule has 1 aromatic heterocycles. The van der Waals surface area contributed by atoms with E-state index in [-0.39, 0.29) is 11.5 Å². The Morgan fingerprint density at radius 2 is 1.75 bits per heavy atom. The summed E-state index contributed by atoms with van der Waals surface area (Å²) in [5.74, 6) is 0. The Kier molecular flexibility index (Phi) is 5.05. The predicted octanol–water partition coefficient (Wildman–Crippen LogP) is 5.51. The molecule has 1 aromatic carbocycles. The van der Waals surface area contributed by atoms with Crippen molar-refractivity contribution < 1.29 is 0 Å². The lowest BCUT2D eigenvalue weighted by Crippen LogP contribution is -2.21. The molecule has 1 atom stereocenters. The first-order valence-electron chi connectivity index (χ1n) is 7.01. The van der Waals surface area contributed by atoms with Crippen LogP contribution < -0.4 is 5.32 Å². The molecule has 0 amide bonds. The first kappa shape index (κ1) is 15.7. The number of hydrogen-bond acceptors (Lipinski definition) is 2. The van der Waals surface area contributed by atoms with E-state index in [0.29, 0.717) is 0 Å². The van der Waals surface area contributed by atoms with Gasteiger partial charge in [-0.3, -0.25) is 0 Å². The van der Waals surface area contributed by atoms with Crippen LogP contribution in [-0.2, 0) is 5.41 Å². The van der Waals surface area contributed by atoms with Crippen molar-refractivity contribution >= 4 is 27.3 Å². The summed E-state index contributed by atoms with van der Waals surface area (Å²) in [4.78, 5) is 2.83. The van der Waals surface area contributed by atoms with Crippen molar-refractivity contribution in [2.24, 2.45) is 0 Å². The Balaban J connectivity index is 2.33. The molecule has 0 spiro atoms. The number of hydrogen-bond donors (Lipinski definition) is 1. The molecule has 0 aliphatic rings. The summed E-state index contributed by atoms with van der Waals surface area (Å²) in [6, 6.07) is 13.4. The van der Waals surface area contributed by atoms with E-state index in [2.05, 4.69) is 85.3 Å². The molecule has 1 nitrogen and oxygen atoms in total. The van der Waals surface area contributed by atoms with Gasteiger partial charge in [-0.1, -0.05) is 55.8 Å². The fourth-order valence-electron chi connectivity index (χ4n) is 2.15. The summed E-state index contributed by atoms with van der Waals surface area (Å²) in [6.07, 6.45) is 0. The van der Waals surface area contributed by atoms with Crippen LogP contribution in [0.2, 0.25) is 0 Å². The third kappa shape index (κ3) is 3.72. The average molecular weight is 352 g/mol. The first-order valence-corrected chi connectivity index (χ1v) is 8.62. The molecule has 3 heteroatoms. The first-order chi connectivity index (χ1) is 9.41. The molecule has 2 aromatic rings. The lowest BCUT2D eigenvalue weighted by Gasteiger charge is -2.18. The van der Waals surface area contributed by atoms with Crippen molar-refractivity contribution in [1.29, 1.82) is 0 Å². The molecule has 1 heterocycles. The maximum absolute atomic E-state index is 3.59. The minimum absolute atomic E-state index is 0.222. The molecule has 0 aliphatic carbocycles. The van der Waals surface area contributed by atoms with E-state index in [4.69, 9.17) is 0 Å². The Morgan fingerprint density at radius 3 is 2.25 bits per heavy atom. The quantitative estimate of drug-likeness (QED) is 0.765. The molecule has 0 aliphatic heterocycles. The van der Waals surface area contributed by atoms with Crippen LogP contribution in [0.1, 0.15) is 49.1 Å². The highest BCUT2D eigenvalue weighted by atomic mass is 79.9. The van der Waals surface area contributed by atoms with Crippen LogP contribution in [0, 0.1) is 0 Å². The second kappa shape index (κ2) is 6.42. The summed E-state index contributed by atoms with van der Waals surface area (Å²) in [6.45, 7) is 9.92. The van der Waals surface area contributed by atoms with E-state index in [1.54, 1.807) is 0 Å². The van der Waals surface area contributed by atoms with Gasteiger partial charge in [0.1, 0.15) is 0 Å². The summed E-state index contributed by atoms with van der Waals surface area (Å²) < 4.78 is 1.12. The molecular weight excluding hydrogens is 330 g/mol. The van der Waals surface area contributed by atoms with Gasteiger partial charge in [0.25, 0.3) is 0 Å². The van der Waals surface area contributed by atoms with Crippen LogP contribution in [-0.4, -0.2) is 6.54 Å². The van der Waals surface area contributed by atoms with Crippen LogP contribution in [0.3, 0.4) is 0 Å². The van der Waals surface area contributed by atoms with Gasteiger partial charge in [-0.25, -0.2) is 0 Å². The van der Waals surface area contributed by atoms with Crippen LogP contribution in [0.25, 0.3) is 0 Å². The van der Waals surface area contributed by atoms with Crippen molar-refractivity contribution in [1.82, 2.24) is 5.32 Å². The number of halogens is 1. The van der Waals surface area contributed by atoms with Gasteiger partial charge in [-0.05, 0) is 41.8 Å². The molecule has 0 radical (unpaired) electrons. The Labute approximate surface area is 134 Å². The summed E-state index contributed by atoms with van der Waals surface area (Å²) in [5.41, 5.74) is 1.54. The highest BCUT2D eigenvalue weighted by Gasteiger charge is 2.20. The average Bonchev–Trinajstić information content (AvgIpc) is 2.86. The van der Waals surface area contributed by atoms with Gasteiger partial charge in [0.05, 0.1) is 6.04 Å². The Bertz CT molecular complexity index is 551. The van der Waals surface area contributed by atoms with E-state index in [9.17, 15) is 0 Å². The van der Waals surface area contributed by atoms with E-state index in [0.717, 1.165) is 11.0 Å². The van der Waals surface area contributed by atoms with E-state index >= 15 is 0 Å². The maximum atomic E-state index is 3.59. The summed E-state index contributed by atoms with van der Waals surface area (Å²) >= 11 is 5.41. The largest absolute Gasteiger partial charge is 0.306 e. The predicted molar refractivity (Wildman–Crippen MR) is 92.7 cm³/mol. The molecule has 1 unspecified atom stereocenters. The number of benzene rings is 1. The molecule has 2 rings (SSSR count). The molecule has 1 N–H and O–H groups in total. The van der Waals surface area contributed by atoms with Crippen molar-refractivity contribution in [3.8, 4) is 0 Å². The third-order valence-electron chi connectivity index (χ3n) is 3.26. The van der Waals surface area contributed by atoms with Gasteiger partial charge in [0.2, 0.25) is 0 Å². The maximum Gasteiger partial charge on any atom is 0.0671 e. The summed E-state index contributed by atoms with van der Waals surface area (Å²) in [5, 5.41) is 3.59. The molecule has 0 fully saturated rings. The van der Waals surface area contributed by atoms with E-state index in [1.807, 2.05) is 11.3 Å². The SMILES string of the molecule is CCNC(c1ccc(Br)cc1)c1ccc(C(C)(C)C)s1. The van der Waals surface area contributed by atoms with Gasteiger partial charge in [0, 0.05) is 14.2 Å². The van der Waals surface area contributed by atoms with Crippen molar-refractivity contribution in [2.45, 2.75) is 39.2 Å². The zero-order valence-corrected chi connectivity index (χ0v) is 14.9.